The van der Waals surface area contributed by atoms with Crippen molar-refractivity contribution in [3.63, 3.8) is 0 Å². The van der Waals surface area contributed by atoms with Crippen LogP contribution in [0.25, 0.3) is 0 Å². The summed E-state index contributed by atoms with van der Waals surface area (Å²) in [6.45, 7) is 7.72. The maximum Gasteiger partial charge on any atom is 0.261 e. The third-order valence-electron chi connectivity index (χ3n) is 3.18. The molecule has 0 saturated carbocycles. The summed E-state index contributed by atoms with van der Waals surface area (Å²) in [6.07, 6.45) is 3.02. The van der Waals surface area contributed by atoms with E-state index in [0.717, 1.165) is 30.3 Å². The molecule has 1 rings (SSSR count). The molecule has 23 heavy (non-hydrogen) atoms. The van der Waals surface area contributed by atoms with Gasteiger partial charge in [-0.3, -0.25) is 10.1 Å². The number of rotatable bonds is 8. The highest BCUT2D eigenvalue weighted by atomic mass is 79.9. The first-order chi connectivity index (χ1) is 10.9. The molecule has 2 N–H and O–H groups in total. The fourth-order valence-electron chi connectivity index (χ4n) is 1.80. The highest BCUT2D eigenvalue weighted by Crippen LogP contribution is 2.23. The average Bonchev–Trinajstić information content (AvgIpc) is 2.48. The van der Waals surface area contributed by atoms with Gasteiger partial charge in [0.15, 0.2) is 5.11 Å². The number of unbranched alkanes of at least 4 members (excludes halogenated alkanes) is 1. The van der Waals surface area contributed by atoms with E-state index in [1.807, 2.05) is 6.07 Å². The minimum atomic E-state index is -0.264. The van der Waals surface area contributed by atoms with Crippen LogP contribution in [0.15, 0.2) is 22.7 Å². The first kappa shape index (κ1) is 19.9. The third kappa shape index (κ3) is 7.79. The molecule has 0 unspecified atom stereocenters. The van der Waals surface area contributed by atoms with Gasteiger partial charge in [-0.25, -0.2) is 0 Å². The van der Waals surface area contributed by atoms with Gasteiger partial charge >= 0.3 is 0 Å². The van der Waals surface area contributed by atoms with E-state index in [1.165, 1.54) is 0 Å². The van der Waals surface area contributed by atoms with Gasteiger partial charge in [0.05, 0.1) is 12.2 Å². The van der Waals surface area contributed by atoms with Crippen LogP contribution in [-0.4, -0.2) is 24.2 Å². The Labute approximate surface area is 152 Å². The number of ether oxygens (including phenoxy) is 1. The highest BCUT2D eigenvalue weighted by Gasteiger charge is 2.14. The quantitative estimate of drug-likeness (QED) is 0.504. The Morgan fingerprint density at radius 2 is 2.13 bits per heavy atom. The predicted molar refractivity (Wildman–Crippen MR) is 102 cm³/mol. The van der Waals surface area contributed by atoms with E-state index in [2.05, 4.69) is 47.3 Å². The summed E-state index contributed by atoms with van der Waals surface area (Å²) in [5.74, 6) is 0.862. The number of amides is 1. The Morgan fingerprint density at radius 3 is 2.78 bits per heavy atom. The number of hydrogen-bond acceptors (Lipinski definition) is 3. The van der Waals surface area contributed by atoms with Crippen molar-refractivity contribution in [3.05, 3.63) is 28.2 Å². The molecule has 0 atom stereocenters. The van der Waals surface area contributed by atoms with Crippen LogP contribution in [0, 0.1) is 5.92 Å². The fraction of sp³-hybridized carbons (Fsp3) is 0.529. The molecular weight excluding hydrogens is 376 g/mol. The lowest BCUT2D eigenvalue weighted by Gasteiger charge is -2.14. The minimum Gasteiger partial charge on any atom is -0.493 e. The maximum atomic E-state index is 12.4. The summed E-state index contributed by atoms with van der Waals surface area (Å²) < 4.78 is 6.58. The predicted octanol–water partition coefficient (Wildman–Crippen LogP) is 4.28. The highest BCUT2D eigenvalue weighted by molar-refractivity contribution is 9.10. The van der Waals surface area contributed by atoms with Crippen molar-refractivity contribution in [1.29, 1.82) is 0 Å². The molecule has 1 amide bonds. The van der Waals surface area contributed by atoms with Gasteiger partial charge in [-0.15, -0.1) is 0 Å². The van der Waals surface area contributed by atoms with E-state index in [1.54, 1.807) is 12.1 Å². The van der Waals surface area contributed by atoms with Crippen LogP contribution in [0.1, 0.15) is 50.4 Å². The Kier molecular flexibility index (Phi) is 9.17. The molecule has 0 aliphatic rings. The second-order valence-corrected chi connectivity index (χ2v) is 7.06. The Morgan fingerprint density at radius 1 is 1.39 bits per heavy atom. The Balaban J connectivity index is 2.70. The van der Waals surface area contributed by atoms with Crippen LogP contribution in [0.4, 0.5) is 0 Å². The SMILES string of the molecule is CCCCNC(=S)NC(=O)c1cc(Br)ccc1OCCC(C)C. The van der Waals surface area contributed by atoms with Crippen molar-refractivity contribution in [2.45, 2.75) is 40.0 Å². The molecule has 0 heterocycles. The fourth-order valence-corrected chi connectivity index (χ4v) is 2.36. The van der Waals surface area contributed by atoms with Crippen LogP contribution in [0.3, 0.4) is 0 Å². The summed E-state index contributed by atoms with van der Waals surface area (Å²) in [5.41, 5.74) is 0.475. The van der Waals surface area contributed by atoms with Gasteiger partial charge in [0.2, 0.25) is 0 Å². The maximum absolute atomic E-state index is 12.4. The van der Waals surface area contributed by atoms with Crippen LogP contribution in [-0.2, 0) is 0 Å². The summed E-state index contributed by atoms with van der Waals surface area (Å²) in [4.78, 5) is 12.4. The number of thiocarbonyl (C=S) groups is 1. The lowest BCUT2D eigenvalue weighted by molar-refractivity contribution is 0.0972. The van der Waals surface area contributed by atoms with Gasteiger partial charge in [0, 0.05) is 11.0 Å². The summed E-state index contributed by atoms with van der Waals surface area (Å²) in [5, 5.41) is 6.07. The van der Waals surface area contributed by atoms with Gasteiger partial charge in [0.1, 0.15) is 5.75 Å². The zero-order valence-electron chi connectivity index (χ0n) is 13.9. The Bertz CT molecular complexity index is 535. The molecule has 0 radical (unpaired) electrons. The van der Waals surface area contributed by atoms with Crippen molar-refractivity contribution in [3.8, 4) is 5.75 Å². The molecular formula is C17H25BrN2O2S. The minimum absolute atomic E-state index is 0.264. The van der Waals surface area contributed by atoms with Crippen molar-refractivity contribution in [1.82, 2.24) is 10.6 Å². The van der Waals surface area contributed by atoms with E-state index in [4.69, 9.17) is 17.0 Å². The van der Waals surface area contributed by atoms with Crippen LogP contribution in [0.5, 0.6) is 5.75 Å². The van der Waals surface area contributed by atoms with Gasteiger partial charge in [-0.05, 0) is 49.2 Å². The van der Waals surface area contributed by atoms with Gasteiger partial charge in [0.25, 0.3) is 5.91 Å². The van der Waals surface area contributed by atoms with Gasteiger partial charge < -0.3 is 10.1 Å². The summed E-state index contributed by atoms with van der Waals surface area (Å²) in [7, 11) is 0. The molecule has 0 fully saturated rings. The normalized spacial score (nSPS) is 10.5. The second-order valence-electron chi connectivity index (χ2n) is 5.74. The van der Waals surface area contributed by atoms with E-state index < -0.39 is 0 Å². The van der Waals surface area contributed by atoms with Crippen molar-refractivity contribution >= 4 is 39.2 Å². The van der Waals surface area contributed by atoms with Crippen LogP contribution >= 0.6 is 28.1 Å². The zero-order chi connectivity index (χ0) is 17.2. The van der Waals surface area contributed by atoms with Crippen molar-refractivity contribution in [2.75, 3.05) is 13.2 Å². The average molecular weight is 401 g/mol. The van der Waals surface area contributed by atoms with E-state index in [-0.39, 0.29) is 5.91 Å². The Hall–Kier alpha value is -1.14. The molecule has 128 valence electrons. The third-order valence-corrected chi connectivity index (χ3v) is 3.92. The number of carbonyl (C=O) groups is 1. The van der Waals surface area contributed by atoms with Gasteiger partial charge in [-0.1, -0.05) is 43.1 Å². The van der Waals surface area contributed by atoms with Crippen LogP contribution < -0.4 is 15.4 Å². The zero-order valence-corrected chi connectivity index (χ0v) is 16.4. The molecule has 0 aromatic heterocycles. The topological polar surface area (TPSA) is 50.4 Å². The molecule has 0 aliphatic heterocycles. The van der Waals surface area contributed by atoms with E-state index in [9.17, 15) is 4.79 Å². The van der Waals surface area contributed by atoms with Crippen LogP contribution in [0.2, 0.25) is 0 Å². The van der Waals surface area contributed by atoms with Gasteiger partial charge in [-0.2, -0.15) is 0 Å². The first-order valence-electron chi connectivity index (χ1n) is 7.95. The number of carbonyl (C=O) groups excluding carboxylic acids is 1. The molecule has 0 saturated heterocycles. The second kappa shape index (κ2) is 10.6. The molecule has 4 nitrogen and oxygen atoms in total. The summed E-state index contributed by atoms with van der Waals surface area (Å²) >= 11 is 8.54. The molecule has 1 aromatic carbocycles. The smallest absolute Gasteiger partial charge is 0.261 e. The van der Waals surface area contributed by atoms with Crippen molar-refractivity contribution in [2.24, 2.45) is 5.92 Å². The molecule has 1 aromatic rings. The number of benzene rings is 1. The number of nitrogens with one attached hydrogen (secondary N) is 2. The lowest BCUT2D eigenvalue weighted by Crippen LogP contribution is -2.39. The van der Waals surface area contributed by atoms with Crippen molar-refractivity contribution < 1.29 is 9.53 Å². The van der Waals surface area contributed by atoms with E-state index >= 15 is 0 Å². The summed E-state index contributed by atoms with van der Waals surface area (Å²) in [6, 6.07) is 5.40. The molecule has 6 heteroatoms. The number of halogens is 1. The lowest BCUT2D eigenvalue weighted by atomic mass is 10.1. The molecule has 0 spiro atoms. The van der Waals surface area contributed by atoms with E-state index in [0.29, 0.717) is 29.0 Å². The largest absolute Gasteiger partial charge is 0.493 e. The number of hydrogen-bond donors (Lipinski definition) is 2. The molecule has 0 bridgehead atoms. The first-order valence-corrected chi connectivity index (χ1v) is 9.15. The standard InChI is InChI=1S/C17H25BrN2O2S/c1-4-5-9-19-17(23)20-16(21)14-11-13(18)6-7-15(14)22-10-8-12(2)3/h6-7,11-12H,4-5,8-10H2,1-3H3,(H2,19,20,21,23). The monoisotopic (exact) mass is 400 g/mol. The molecule has 0 aliphatic carbocycles.